The van der Waals surface area contributed by atoms with E-state index < -0.39 is 17.5 Å². The molecule has 1 aliphatic heterocycles. The van der Waals surface area contributed by atoms with Gasteiger partial charge in [0.25, 0.3) is 0 Å². The van der Waals surface area contributed by atoms with E-state index in [2.05, 4.69) is 11.1 Å². The van der Waals surface area contributed by atoms with Gasteiger partial charge < -0.3 is 20.8 Å². The molecular formula is C21H23ClFN3O2. The molecule has 0 fully saturated rings. The van der Waals surface area contributed by atoms with Gasteiger partial charge in [-0.05, 0) is 61.7 Å². The number of aromatic nitrogens is 1. The molecule has 0 spiro atoms. The Labute approximate surface area is 167 Å². The second-order valence-corrected chi connectivity index (χ2v) is 8.09. The third kappa shape index (κ3) is 3.26. The lowest BCUT2D eigenvalue weighted by Crippen LogP contribution is -2.47. The van der Waals surface area contributed by atoms with E-state index in [1.165, 1.54) is 12.1 Å². The van der Waals surface area contributed by atoms with E-state index in [1.54, 1.807) is 13.0 Å². The minimum Gasteiger partial charge on any atom is -0.387 e. The highest BCUT2D eigenvalue weighted by Gasteiger charge is 2.46. The summed E-state index contributed by atoms with van der Waals surface area (Å²) in [6, 6.07) is 4.47. The molecule has 148 valence electrons. The molecule has 4 N–H and O–H groups in total. The number of anilines is 1. The van der Waals surface area contributed by atoms with Crippen LogP contribution in [-0.2, 0) is 6.42 Å². The Balaban J connectivity index is 1.57. The maximum atomic E-state index is 14.5. The zero-order chi connectivity index (χ0) is 20.1. The lowest BCUT2D eigenvalue weighted by atomic mass is 9.90. The summed E-state index contributed by atoms with van der Waals surface area (Å²) in [5.41, 5.74) is 6.38. The normalized spacial score (nSPS) is 27.0. The second kappa shape index (κ2) is 7.03. The summed E-state index contributed by atoms with van der Waals surface area (Å²) in [5.74, 6) is -0.244. The zero-order valence-electron chi connectivity index (χ0n) is 15.6. The van der Waals surface area contributed by atoms with E-state index >= 15 is 0 Å². The average Bonchev–Trinajstić information content (AvgIpc) is 3.23. The van der Waals surface area contributed by atoms with Crippen LogP contribution in [0.2, 0.25) is 5.02 Å². The number of nitrogens with zero attached hydrogens (tertiary/aromatic N) is 2. The molecule has 0 amide bonds. The van der Waals surface area contributed by atoms with Crippen molar-refractivity contribution >= 4 is 28.3 Å². The maximum absolute atomic E-state index is 14.5. The fourth-order valence-corrected chi connectivity index (χ4v) is 4.21. The highest BCUT2D eigenvalue weighted by Crippen LogP contribution is 2.37. The van der Waals surface area contributed by atoms with Crippen LogP contribution in [0.25, 0.3) is 10.9 Å². The van der Waals surface area contributed by atoms with Gasteiger partial charge >= 0.3 is 0 Å². The van der Waals surface area contributed by atoms with Gasteiger partial charge in [-0.1, -0.05) is 23.8 Å². The zero-order valence-corrected chi connectivity index (χ0v) is 16.3. The molecular weight excluding hydrogens is 381 g/mol. The first-order valence-electron chi connectivity index (χ1n) is 9.35. The number of nitrogens with two attached hydrogens (primary N) is 1. The number of aliphatic hydroxyl groups excluding tert-OH is 1. The first kappa shape index (κ1) is 19.2. The molecule has 0 saturated heterocycles. The topological polar surface area (TPSA) is 82.6 Å². The fourth-order valence-electron chi connectivity index (χ4n) is 4.06. The van der Waals surface area contributed by atoms with Gasteiger partial charge in [0.1, 0.15) is 23.3 Å². The number of rotatable bonds is 4. The van der Waals surface area contributed by atoms with Crippen LogP contribution in [0.15, 0.2) is 42.1 Å². The Morgan fingerprint density at radius 1 is 1.36 bits per heavy atom. The van der Waals surface area contributed by atoms with Gasteiger partial charge in [0.15, 0.2) is 0 Å². The van der Waals surface area contributed by atoms with E-state index in [1.807, 2.05) is 17.2 Å². The second-order valence-electron chi connectivity index (χ2n) is 7.69. The molecule has 1 aromatic carbocycles. The van der Waals surface area contributed by atoms with Crippen LogP contribution in [0.4, 0.5) is 10.2 Å². The Hall–Kier alpha value is -2.15. The Morgan fingerprint density at radius 3 is 2.86 bits per heavy atom. The fraction of sp³-hybridized carbons (Fsp3) is 0.381. The van der Waals surface area contributed by atoms with Crippen molar-refractivity contribution in [1.29, 1.82) is 0 Å². The number of aliphatic hydroxyl groups is 2. The van der Waals surface area contributed by atoms with Crippen LogP contribution in [-0.4, -0.2) is 44.4 Å². The highest BCUT2D eigenvalue weighted by atomic mass is 35.5. The number of pyridine rings is 1. The van der Waals surface area contributed by atoms with Gasteiger partial charge in [-0.3, -0.25) is 0 Å². The number of benzene rings is 1. The molecule has 7 heteroatoms. The first-order chi connectivity index (χ1) is 13.3. The smallest absolute Gasteiger partial charge is 0.142 e. The summed E-state index contributed by atoms with van der Waals surface area (Å²) in [5, 5.41) is 22.0. The summed E-state index contributed by atoms with van der Waals surface area (Å²) in [6.45, 7) is 2.46. The van der Waals surface area contributed by atoms with Crippen LogP contribution in [0.5, 0.6) is 0 Å². The van der Waals surface area contributed by atoms with Crippen molar-refractivity contribution in [3.05, 3.63) is 58.5 Å². The molecule has 0 unspecified atom stereocenters. The van der Waals surface area contributed by atoms with Crippen LogP contribution in [0, 0.1) is 5.82 Å². The SMILES string of the molecule is C[C@@]1(O)C(CCc2cc(F)c3cc(Cl)c(N)nc3c2)=C[C@@H](N2C=CCC2)[C@@H]1O. The third-order valence-electron chi connectivity index (χ3n) is 5.76. The highest BCUT2D eigenvalue weighted by molar-refractivity contribution is 6.33. The predicted octanol–water partition coefficient (Wildman–Crippen LogP) is 3.18. The molecule has 3 atom stereocenters. The lowest BCUT2D eigenvalue weighted by Gasteiger charge is -2.32. The van der Waals surface area contributed by atoms with Crippen LogP contribution in [0.1, 0.15) is 25.3 Å². The van der Waals surface area contributed by atoms with Crippen LogP contribution in [0.3, 0.4) is 0 Å². The average molecular weight is 404 g/mol. The monoisotopic (exact) mass is 403 g/mol. The van der Waals surface area contributed by atoms with Crippen molar-refractivity contribution in [2.24, 2.45) is 0 Å². The number of halogens is 2. The van der Waals surface area contributed by atoms with E-state index in [9.17, 15) is 14.6 Å². The molecule has 4 rings (SSSR count). The van der Waals surface area contributed by atoms with Gasteiger partial charge in [0, 0.05) is 11.9 Å². The number of hydrogen-bond acceptors (Lipinski definition) is 5. The molecule has 1 aliphatic carbocycles. The van der Waals surface area contributed by atoms with Crippen molar-refractivity contribution in [1.82, 2.24) is 9.88 Å². The molecule has 5 nitrogen and oxygen atoms in total. The summed E-state index contributed by atoms with van der Waals surface area (Å²) in [7, 11) is 0. The Morgan fingerprint density at radius 2 is 2.14 bits per heavy atom. The van der Waals surface area contributed by atoms with E-state index in [0.717, 1.165) is 24.1 Å². The summed E-state index contributed by atoms with van der Waals surface area (Å²) in [6.07, 6.45) is 7.00. The van der Waals surface area contributed by atoms with E-state index in [4.69, 9.17) is 17.3 Å². The Kier molecular flexibility index (Phi) is 4.81. The molecule has 1 aromatic heterocycles. The lowest BCUT2D eigenvalue weighted by molar-refractivity contribution is -0.0472. The quantitative estimate of drug-likeness (QED) is 0.683. The predicted molar refractivity (Wildman–Crippen MR) is 108 cm³/mol. The maximum Gasteiger partial charge on any atom is 0.142 e. The van der Waals surface area contributed by atoms with Gasteiger partial charge in [-0.25, -0.2) is 9.37 Å². The van der Waals surface area contributed by atoms with E-state index in [0.29, 0.717) is 23.7 Å². The number of nitrogen functional groups attached to an aromatic ring is 1. The minimum absolute atomic E-state index is 0.164. The third-order valence-corrected chi connectivity index (χ3v) is 6.07. The van der Waals surface area contributed by atoms with Crippen molar-refractivity contribution in [3.63, 3.8) is 0 Å². The minimum atomic E-state index is -1.31. The van der Waals surface area contributed by atoms with Gasteiger partial charge in [-0.2, -0.15) is 0 Å². The van der Waals surface area contributed by atoms with E-state index in [-0.39, 0.29) is 16.9 Å². The van der Waals surface area contributed by atoms with Gasteiger partial charge in [-0.15, -0.1) is 0 Å². The molecule has 0 bridgehead atoms. The molecule has 2 aromatic rings. The van der Waals surface area contributed by atoms with Crippen LogP contribution < -0.4 is 5.73 Å². The number of fused-ring (bicyclic) bond motifs is 1. The summed E-state index contributed by atoms with van der Waals surface area (Å²) < 4.78 is 14.5. The molecule has 0 saturated carbocycles. The Bertz CT molecular complexity index is 989. The van der Waals surface area contributed by atoms with Crippen molar-refractivity contribution in [2.75, 3.05) is 12.3 Å². The molecule has 28 heavy (non-hydrogen) atoms. The van der Waals surface area contributed by atoms with Crippen molar-refractivity contribution < 1.29 is 14.6 Å². The standard InChI is InChI=1S/C21H23ClFN3O2/c1-21(28)13(10-18(19(21)27)26-6-2-3-7-26)5-4-12-8-16(23)14-11-15(22)20(24)25-17(14)9-12/h2,6,8-11,18-19,27-28H,3-5,7H2,1H3,(H2,24,25)/t18-,19+,21-/m1/s1. The summed E-state index contributed by atoms with van der Waals surface area (Å²) in [4.78, 5) is 6.21. The number of aryl methyl sites for hydroxylation is 1. The summed E-state index contributed by atoms with van der Waals surface area (Å²) >= 11 is 5.94. The van der Waals surface area contributed by atoms with Crippen molar-refractivity contribution in [2.45, 2.75) is 43.9 Å². The largest absolute Gasteiger partial charge is 0.387 e. The molecule has 2 heterocycles. The van der Waals surface area contributed by atoms with Crippen molar-refractivity contribution in [3.8, 4) is 0 Å². The molecule has 2 aliphatic rings. The van der Waals surface area contributed by atoms with Gasteiger partial charge in [0.05, 0.1) is 16.6 Å². The van der Waals surface area contributed by atoms with Crippen LogP contribution >= 0.6 is 11.6 Å². The molecule has 0 radical (unpaired) electrons. The number of hydrogen-bond donors (Lipinski definition) is 3. The van der Waals surface area contributed by atoms with Gasteiger partial charge in [0.2, 0.25) is 0 Å². The first-order valence-corrected chi connectivity index (χ1v) is 9.73.